The number of halogens is 3. The monoisotopic (exact) mass is 219 g/mol. The first-order valence-corrected chi connectivity index (χ1v) is 3.93. The summed E-state index contributed by atoms with van der Waals surface area (Å²) in [5, 5.41) is 0. The van der Waals surface area contributed by atoms with E-state index in [1.807, 2.05) is 0 Å². The average Bonchev–Trinajstić information content (AvgIpc) is 2.15. The summed E-state index contributed by atoms with van der Waals surface area (Å²) in [6.07, 6.45) is -4.40. The fourth-order valence-electron chi connectivity index (χ4n) is 0.869. The Kier molecular flexibility index (Phi) is 2.92. The zero-order chi connectivity index (χ0) is 11.6. The Morgan fingerprint density at radius 2 is 1.93 bits per heavy atom. The molecule has 1 heterocycles. The van der Waals surface area contributed by atoms with Crippen LogP contribution in [0.1, 0.15) is 16.3 Å². The highest BCUT2D eigenvalue weighted by Gasteiger charge is 2.35. The Bertz CT molecular complexity index is 376. The van der Waals surface area contributed by atoms with Crippen LogP contribution >= 0.6 is 0 Å². The number of hydrogen-bond acceptors (Lipinski definition) is 4. The average molecular weight is 219 g/mol. The fraction of sp³-hybridized carbons (Fsp3) is 0.375. The van der Waals surface area contributed by atoms with Gasteiger partial charge in [0.25, 0.3) is 0 Å². The van der Waals surface area contributed by atoms with Crippen molar-refractivity contribution in [3.63, 3.8) is 0 Å². The Morgan fingerprint density at radius 3 is 2.33 bits per heavy atom. The van der Waals surface area contributed by atoms with Crippen LogP contribution in [0.2, 0.25) is 0 Å². The van der Waals surface area contributed by atoms with Gasteiger partial charge < -0.3 is 4.90 Å². The van der Waals surface area contributed by atoms with Crippen molar-refractivity contribution < 1.29 is 18.0 Å². The molecule has 0 radical (unpaired) electrons. The summed E-state index contributed by atoms with van der Waals surface area (Å²) < 4.78 is 36.9. The minimum Gasteiger partial charge on any atom is -0.363 e. The molecule has 7 heteroatoms. The highest BCUT2D eigenvalue weighted by Crippen LogP contribution is 2.27. The third-order valence-electron chi connectivity index (χ3n) is 1.56. The lowest BCUT2D eigenvalue weighted by atomic mass is 10.4. The molecule has 0 aliphatic carbocycles. The van der Waals surface area contributed by atoms with E-state index in [1.54, 1.807) is 0 Å². The van der Waals surface area contributed by atoms with E-state index in [9.17, 15) is 18.0 Å². The standard InChI is InChI=1S/C8H8F3N3O/c1-14(2)6-3-5(4-15)12-7(13-6)8(9,10)11/h3-4H,1-2H3. The molecule has 0 N–H and O–H groups in total. The summed E-state index contributed by atoms with van der Waals surface area (Å²) in [6, 6.07) is 1.18. The van der Waals surface area contributed by atoms with Crippen LogP contribution in [-0.2, 0) is 6.18 Å². The SMILES string of the molecule is CN(C)c1cc(C=O)nc(C(F)(F)F)n1. The Labute approximate surface area is 83.7 Å². The third kappa shape index (κ3) is 2.64. The molecule has 0 aromatic carbocycles. The molecule has 0 saturated carbocycles. The predicted octanol–water partition coefficient (Wildman–Crippen LogP) is 1.37. The van der Waals surface area contributed by atoms with Crippen LogP contribution in [-0.4, -0.2) is 30.3 Å². The van der Waals surface area contributed by atoms with Gasteiger partial charge in [-0.2, -0.15) is 13.2 Å². The summed E-state index contributed by atoms with van der Waals surface area (Å²) in [6.45, 7) is 0. The van der Waals surface area contributed by atoms with Gasteiger partial charge in [0.05, 0.1) is 0 Å². The van der Waals surface area contributed by atoms with E-state index in [-0.39, 0.29) is 17.8 Å². The zero-order valence-electron chi connectivity index (χ0n) is 8.04. The second-order valence-corrected chi connectivity index (χ2v) is 2.98. The molecule has 0 aliphatic rings. The van der Waals surface area contributed by atoms with Crippen LogP contribution in [0, 0.1) is 0 Å². The number of nitrogens with zero attached hydrogens (tertiary/aromatic N) is 3. The number of aldehydes is 1. The molecule has 0 amide bonds. The highest BCUT2D eigenvalue weighted by molar-refractivity contribution is 5.73. The summed E-state index contributed by atoms with van der Waals surface area (Å²) in [5.74, 6) is -1.27. The lowest BCUT2D eigenvalue weighted by Gasteiger charge is -2.13. The lowest BCUT2D eigenvalue weighted by molar-refractivity contribution is -0.144. The molecule has 0 fully saturated rings. The van der Waals surface area contributed by atoms with Crippen LogP contribution in [0.5, 0.6) is 0 Å². The van der Waals surface area contributed by atoms with E-state index in [0.29, 0.717) is 0 Å². The van der Waals surface area contributed by atoms with Crippen molar-refractivity contribution in [1.82, 2.24) is 9.97 Å². The van der Waals surface area contributed by atoms with E-state index >= 15 is 0 Å². The van der Waals surface area contributed by atoms with Crippen LogP contribution < -0.4 is 4.90 Å². The molecule has 0 spiro atoms. The maximum atomic E-state index is 12.3. The minimum atomic E-state index is -4.65. The number of hydrogen-bond donors (Lipinski definition) is 0. The highest BCUT2D eigenvalue weighted by atomic mass is 19.4. The number of carbonyl (C=O) groups is 1. The molecule has 0 atom stereocenters. The molecule has 1 aromatic heterocycles. The quantitative estimate of drug-likeness (QED) is 0.705. The van der Waals surface area contributed by atoms with E-state index in [2.05, 4.69) is 9.97 Å². The van der Waals surface area contributed by atoms with Crippen molar-refractivity contribution in [3.05, 3.63) is 17.6 Å². The smallest absolute Gasteiger partial charge is 0.363 e. The Balaban J connectivity index is 3.29. The van der Waals surface area contributed by atoms with Gasteiger partial charge in [0, 0.05) is 20.2 Å². The first-order chi connectivity index (χ1) is 6.84. The van der Waals surface area contributed by atoms with Crippen LogP contribution in [0.25, 0.3) is 0 Å². The van der Waals surface area contributed by atoms with Crippen molar-refractivity contribution in [2.45, 2.75) is 6.18 Å². The fourth-order valence-corrected chi connectivity index (χ4v) is 0.869. The van der Waals surface area contributed by atoms with Gasteiger partial charge in [-0.1, -0.05) is 0 Å². The third-order valence-corrected chi connectivity index (χ3v) is 1.56. The second kappa shape index (κ2) is 3.84. The molecule has 0 bridgehead atoms. The van der Waals surface area contributed by atoms with Gasteiger partial charge in [-0.05, 0) is 0 Å². The molecule has 0 unspecified atom stereocenters. The summed E-state index contributed by atoms with van der Waals surface area (Å²) in [4.78, 5) is 18.1. The molecular weight excluding hydrogens is 211 g/mol. The predicted molar refractivity (Wildman–Crippen MR) is 46.7 cm³/mol. The Morgan fingerprint density at radius 1 is 1.33 bits per heavy atom. The largest absolute Gasteiger partial charge is 0.451 e. The molecule has 0 aliphatic heterocycles. The summed E-state index contributed by atoms with van der Waals surface area (Å²) in [7, 11) is 3.05. The van der Waals surface area contributed by atoms with Gasteiger partial charge in [0.2, 0.25) is 5.82 Å². The van der Waals surface area contributed by atoms with Gasteiger partial charge in [0.15, 0.2) is 6.29 Å². The number of aromatic nitrogens is 2. The van der Waals surface area contributed by atoms with Crippen LogP contribution in [0.4, 0.5) is 19.0 Å². The molecule has 82 valence electrons. The first-order valence-electron chi connectivity index (χ1n) is 3.93. The molecule has 4 nitrogen and oxygen atoms in total. The van der Waals surface area contributed by atoms with Gasteiger partial charge in [0.1, 0.15) is 11.5 Å². The number of rotatable bonds is 2. The van der Waals surface area contributed by atoms with E-state index in [0.717, 1.165) is 0 Å². The molecule has 1 rings (SSSR count). The normalized spacial score (nSPS) is 11.3. The van der Waals surface area contributed by atoms with Crippen molar-refractivity contribution in [3.8, 4) is 0 Å². The summed E-state index contributed by atoms with van der Waals surface area (Å²) in [5.41, 5.74) is -0.291. The first kappa shape index (κ1) is 11.4. The minimum absolute atomic E-state index is 0.0411. The topological polar surface area (TPSA) is 46.1 Å². The number of anilines is 1. The Hall–Kier alpha value is -1.66. The van der Waals surface area contributed by atoms with E-state index < -0.39 is 12.0 Å². The van der Waals surface area contributed by atoms with Gasteiger partial charge in [-0.15, -0.1) is 0 Å². The lowest BCUT2D eigenvalue weighted by Crippen LogP contribution is -2.18. The maximum absolute atomic E-state index is 12.3. The molecule has 15 heavy (non-hydrogen) atoms. The van der Waals surface area contributed by atoms with Gasteiger partial charge >= 0.3 is 6.18 Å². The molecule has 1 aromatic rings. The van der Waals surface area contributed by atoms with Crippen LogP contribution in [0.3, 0.4) is 0 Å². The van der Waals surface area contributed by atoms with Crippen molar-refractivity contribution in [2.75, 3.05) is 19.0 Å². The molecular formula is C8H8F3N3O. The number of carbonyl (C=O) groups excluding carboxylic acids is 1. The van der Waals surface area contributed by atoms with Crippen molar-refractivity contribution >= 4 is 12.1 Å². The van der Waals surface area contributed by atoms with Crippen molar-refractivity contribution in [1.29, 1.82) is 0 Å². The summed E-state index contributed by atoms with van der Waals surface area (Å²) >= 11 is 0. The van der Waals surface area contributed by atoms with Gasteiger partial charge in [-0.3, -0.25) is 4.79 Å². The van der Waals surface area contributed by atoms with Gasteiger partial charge in [-0.25, -0.2) is 9.97 Å². The van der Waals surface area contributed by atoms with Crippen LogP contribution in [0.15, 0.2) is 6.07 Å². The zero-order valence-corrected chi connectivity index (χ0v) is 8.04. The second-order valence-electron chi connectivity index (χ2n) is 2.98. The van der Waals surface area contributed by atoms with Crippen molar-refractivity contribution in [2.24, 2.45) is 0 Å². The molecule has 0 saturated heterocycles. The number of alkyl halides is 3. The van der Waals surface area contributed by atoms with E-state index in [4.69, 9.17) is 0 Å². The van der Waals surface area contributed by atoms with E-state index in [1.165, 1.54) is 25.1 Å². The maximum Gasteiger partial charge on any atom is 0.451 e.